The number of benzene rings is 1. The first kappa shape index (κ1) is 19.5. The van der Waals surface area contributed by atoms with Crippen molar-refractivity contribution >= 4 is 21.3 Å². The van der Waals surface area contributed by atoms with E-state index < -0.39 is 33.5 Å². The van der Waals surface area contributed by atoms with Crippen molar-refractivity contribution in [3.8, 4) is 0 Å². The fraction of sp³-hybridized carbons (Fsp3) is 0.471. The number of carbonyl (C=O) groups is 1. The van der Waals surface area contributed by atoms with Crippen molar-refractivity contribution in [1.82, 2.24) is 4.90 Å². The average Bonchev–Trinajstić information content (AvgIpc) is 3.27. The van der Waals surface area contributed by atoms with Crippen LogP contribution in [0.2, 0.25) is 0 Å². The molecule has 2 rings (SSSR count). The van der Waals surface area contributed by atoms with Gasteiger partial charge in [0.15, 0.2) is 0 Å². The summed E-state index contributed by atoms with van der Waals surface area (Å²) in [5, 5.41) is 0. The lowest BCUT2D eigenvalue weighted by Gasteiger charge is -2.28. The van der Waals surface area contributed by atoms with Crippen LogP contribution in [0.15, 0.2) is 36.4 Å². The number of hydrogen-bond donors (Lipinski definition) is 0. The Balaban J connectivity index is 2.35. The van der Waals surface area contributed by atoms with Gasteiger partial charge in [0.25, 0.3) is 0 Å². The summed E-state index contributed by atoms with van der Waals surface area (Å²) >= 11 is 0. The lowest BCUT2D eigenvalue weighted by atomic mass is 10.0. The minimum atomic E-state index is -4.69. The fourth-order valence-corrected chi connectivity index (χ4v) is 3.81. The van der Waals surface area contributed by atoms with Crippen LogP contribution in [0.5, 0.6) is 0 Å². The van der Waals surface area contributed by atoms with Crippen LogP contribution in [-0.4, -0.2) is 49.5 Å². The van der Waals surface area contributed by atoms with Gasteiger partial charge in [0.1, 0.15) is 9.84 Å². The number of rotatable bonds is 6. The monoisotopic (exact) mass is 375 g/mol. The highest BCUT2D eigenvalue weighted by atomic mass is 32.2. The number of hydrogen-bond acceptors (Lipinski definition) is 3. The van der Waals surface area contributed by atoms with E-state index >= 15 is 0 Å². The van der Waals surface area contributed by atoms with E-state index in [-0.39, 0.29) is 17.4 Å². The van der Waals surface area contributed by atoms with Gasteiger partial charge in [0.2, 0.25) is 5.91 Å². The van der Waals surface area contributed by atoms with Gasteiger partial charge in [0, 0.05) is 24.4 Å². The molecule has 1 atom stereocenters. The van der Waals surface area contributed by atoms with E-state index in [2.05, 4.69) is 0 Å². The Morgan fingerprint density at radius 3 is 2.28 bits per heavy atom. The van der Waals surface area contributed by atoms with Crippen molar-refractivity contribution in [3.05, 3.63) is 42.0 Å². The predicted molar refractivity (Wildman–Crippen MR) is 89.5 cm³/mol. The van der Waals surface area contributed by atoms with E-state index in [4.69, 9.17) is 0 Å². The van der Waals surface area contributed by atoms with Gasteiger partial charge < -0.3 is 4.90 Å². The summed E-state index contributed by atoms with van der Waals surface area (Å²) in [6.45, 7) is 1.54. The summed E-state index contributed by atoms with van der Waals surface area (Å²) < 4.78 is 63.1. The normalized spacial score (nSPS) is 17.2. The summed E-state index contributed by atoms with van der Waals surface area (Å²) in [6.07, 6.45) is -1.74. The Morgan fingerprint density at radius 1 is 1.28 bits per heavy atom. The van der Waals surface area contributed by atoms with Crippen LogP contribution < -0.4 is 0 Å². The lowest BCUT2D eigenvalue weighted by molar-refractivity contribution is -0.128. The molecule has 1 fully saturated rings. The van der Waals surface area contributed by atoms with E-state index in [1.165, 1.54) is 29.2 Å². The van der Waals surface area contributed by atoms with Gasteiger partial charge in [-0.3, -0.25) is 4.79 Å². The molecule has 0 N–H and O–H groups in total. The fourth-order valence-electron chi connectivity index (χ4n) is 2.77. The summed E-state index contributed by atoms with van der Waals surface area (Å²) in [5.41, 5.74) is -1.13. The molecular weight excluding hydrogens is 355 g/mol. The Bertz CT molecular complexity index is 753. The van der Waals surface area contributed by atoms with E-state index in [9.17, 15) is 26.4 Å². The third-order valence-electron chi connectivity index (χ3n) is 3.87. The van der Waals surface area contributed by atoms with E-state index in [0.717, 1.165) is 6.26 Å². The van der Waals surface area contributed by atoms with Crippen molar-refractivity contribution in [2.24, 2.45) is 0 Å². The highest BCUT2D eigenvalue weighted by molar-refractivity contribution is 7.90. The smallest absolute Gasteiger partial charge is 0.332 e. The molecular formula is C17H20F3NO3S. The summed E-state index contributed by atoms with van der Waals surface area (Å²) in [6, 6.07) is 6.20. The van der Waals surface area contributed by atoms with Gasteiger partial charge in [0.05, 0.1) is 11.3 Å². The van der Waals surface area contributed by atoms with Gasteiger partial charge in [-0.05, 0) is 25.3 Å². The van der Waals surface area contributed by atoms with Crippen molar-refractivity contribution in [2.75, 3.05) is 12.0 Å². The maximum atomic E-state index is 13.4. The molecule has 0 radical (unpaired) electrons. The number of amides is 1. The quantitative estimate of drug-likeness (QED) is 0.718. The number of alkyl halides is 3. The van der Waals surface area contributed by atoms with Crippen LogP contribution >= 0.6 is 0 Å². The molecule has 0 bridgehead atoms. The molecule has 138 valence electrons. The Morgan fingerprint density at radius 2 is 1.84 bits per heavy atom. The average molecular weight is 375 g/mol. The van der Waals surface area contributed by atoms with Gasteiger partial charge in [-0.15, -0.1) is 0 Å². The topological polar surface area (TPSA) is 54.5 Å². The number of carbonyl (C=O) groups excluding carboxylic acids is 1. The highest BCUT2D eigenvalue weighted by Crippen LogP contribution is 2.35. The molecule has 1 aliphatic carbocycles. The summed E-state index contributed by atoms with van der Waals surface area (Å²) in [7, 11) is -3.35. The van der Waals surface area contributed by atoms with Crippen molar-refractivity contribution in [1.29, 1.82) is 0 Å². The first-order chi connectivity index (χ1) is 11.5. The van der Waals surface area contributed by atoms with Gasteiger partial charge >= 0.3 is 6.18 Å². The van der Waals surface area contributed by atoms with Gasteiger partial charge in [-0.25, -0.2) is 8.42 Å². The van der Waals surface area contributed by atoms with Crippen LogP contribution in [0.3, 0.4) is 0 Å². The molecule has 0 spiro atoms. The second kappa shape index (κ2) is 7.19. The zero-order valence-electron chi connectivity index (χ0n) is 14.0. The first-order valence-corrected chi connectivity index (χ1v) is 9.89. The number of sulfone groups is 1. The summed E-state index contributed by atoms with van der Waals surface area (Å²) in [5.74, 6) is -1.09. The molecule has 0 aliphatic heterocycles. The van der Waals surface area contributed by atoms with Crippen molar-refractivity contribution in [2.45, 2.75) is 38.0 Å². The second-order valence-corrected chi connectivity index (χ2v) is 8.52. The Kier molecular flexibility index (Phi) is 5.61. The molecule has 25 heavy (non-hydrogen) atoms. The summed E-state index contributed by atoms with van der Waals surface area (Å²) in [4.78, 5) is 13.8. The minimum absolute atomic E-state index is 0.102. The maximum absolute atomic E-state index is 13.4. The number of nitrogens with zero attached hydrogens (tertiary/aromatic N) is 1. The molecule has 1 amide bonds. The molecule has 0 saturated heterocycles. The van der Waals surface area contributed by atoms with Crippen LogP contribution in [0.4, 0.5) is 13.2 Å². The van der Waals surface area contributed by atoms with Crippen LogP contribution in [0.1, 0.15) is 25.3 Å². The molecule has 0 heterocycles. The SMILES string of the molecule is CC(CS(C)(=O)=O)N(C(=O)/C=C(/c1ccccc1)C(F)(F)F)C1CC1. The Hall–Kier alpha value is -1.83. The maximum Gasteiger partial charge on any atom is 0.417 e. The standard InChI is InChI=1S/C17H20F3NO3S/c1-12(11-25(2,23)24)21(14-8-9-14)16(22)10-15(17(18,19)20)13-6-4-3-5-7-13/h3-7,10,12,14H,8-9,11H2,1-2H3/b15-10-. The van der Waals surface area contributed by atoms with Crippen molar-refractivity contribution in [3.63, 3.8) is 0 Å². The predicted octanol–water partition coefficient (Wildman–Crippen LogP) is 3.06. The molecule has 1 unspecified atom stereocenters. The largest absolute Gasteiger partial charge is 0.417 e. The van der Waals surface area contributed by atoms with Crippen LogP contribution in [0.25, 0.3) is 5.57 Å². The number of halogens is 3. The molecule has 4 nitrogen and oxygen atoms in total. The molecule has 1 saturated carbocycles. The molecule has 1 aromatic carbocycles. The molecule has 1 aliphatic rings. The third kappa shape index (κ3) is 5.59. The van der Waals surface area contributed by atoms with Crippen LogP contribution in [0, 0.1) is 0 Å². The molecule has 1 aromatic rings. The van der Waals surface area contributed by atoms with Crippen molar-refractivity contribution < 1.29 is 26.4 Å². The zero-order valence-corrected chi connectivity index (χ0v) is 14.8. The second-order valence-electron chi connectivity index (χ2n) is 6.34. The van der Waals surface area contributed by atoms with E-state index in [1.54, 1.807) is 13.0 Å². The Labute approximate surface area is 145 Å². The molecule has 8 heteroatoms. The van der Waals surface area contributed by atoms with E-state index in [0.29, 0.717) is 18.9 Å². The zero-order chi connectivity index (χ0) is 18.8. The lowest BCUT2D eigenvalue weighted by Crippen LogP contribution is -2.43. The minimum Gasteiger partial charge on any atom is -0.332 e. The number of allylic oxidation sites excluding steroid dienone is 1. The first-order valence-electron chi connectivity index (χ1n) is 7.83. The van der Waals surface area contributed by atoms with Crippen LogP contribution in [-0.2, 0) is 14.6 Å². The van der Waals surface area contributed by atoms with Gasteiger partial charge in [-0.2, -0.15) is 13.2 Å². The van der Waals surface area contributed by atoms with E-state index in [1.807, 2.05) is 0 Å². The third-order valence-corrected chi connectivity index (χ3v) is 4.96. The van der Waals surface area contributed by atoms with Gasteiger partial charge in [-0.1, -0.05) is 30.3 Å². The molecule has 0 aromatic heterocycles. The highest BCUT2D eigenvalue weighted by Gasteiger charge is 2.39.